The lowest BCUT2D eigenvalue weighted by molar-refractivity contribution is -0.137. The lowest BCUT2D eigenvalue weighted by Crippen LogP contribution is -2.33. The second-order valence-corrected chi connectivity index (χ2v) is 5.02. The summed E-state index contributed by atoms with van der Waals surface area (Å²) in [4.78, 5) is 10.6. The average molecular weight is 262 g/mol. The van der Waals surface area contributed by atoms with E-state index in [-0.39, 0.29) is 6.42 Å². The number of rotatable bonds is 4. The third-order valence-corrected chi connectivity index (χ3v) is 2.73. The molecule has 0 heterocycles. The Morgan fingerprint density at radius 2 is 2.00 bits per heavy atom. The van der Waals surface area contributed by atoms with Crippen LogP contribution in [0.5, 0.6) is 0 Å². The lowest BCUT2D eigenvalue weighted by atomic mass is 10.0. The van der Waals surface area contributed by atoms with Crippen LogP contribution in [-0.2, 0) is 4.79 Å². The molecule has 0 aliphatic rings. The van der Waals surface area contributed by atoms with E-state index in [4.69, 9.17) is 28.3 Å². The average Bonchev–Trinajstić information content (AvgIpc) is 2.08. The van der Waals surface area contributed by atoms with Crippen LogP contribution < -0.4 is 5.32 Å². The van der Waals surface area contributed by atoms with Crippen molar-refractivity contribution in [3.8, 4) is 0 Å². The Hall–Kier alpha value is -0.930. The first-order valence-electron chi connectivity index (χ1n) is 4.75. The summed E-state index contributed by atoms with van der Waals surface area (Å²) < 4.78 is 0. The van der Waals surface area contributed by atoms with E-state index in [0.717, 1.165) is 5.69 Å². The fourth-order valence-corrected chi connectivity index (χ4v) is 1.68. The van der Waals surface area contributed by atoms with Crippen LogP contribution in [0.15, 0.2) is 18.2 Å². The van der Waals surface area contributed by atoms with Gasteiger partial charge >= 0.3 is 5.97 Å². The molecule has 2 N–H and O–H groups in total. The molecule has 16 heavy (non-hydrogen) atoms. The van der Waals surface area contributed by atoms with Crippen molar-refractivity contribution in [2.24, 2.45) is 0 Å². The second-order valence-electron chi connectivity index (χ2n) is 4.21. The molecule has 0 radical (unpaired) electrons. The first kappa shape index (κ1) is 13.1. The number of hydrogen-bond acceptors (Lipinski definition) is 2. The van der Waals surface area contributed by atoms with Crippen LogP contribution in [0.3, 0.4) is 0 Å². The highest BCUT2D eigenvalue weighted by Crippen LogP contribution is 2.27. The van der Waals surface area contributed by atoms with E-state index in [1.165, 1.54) is 0 Å². The topological polar surface area (TPSA) is 49.3 Å². The Morgan fingerprint density at radius 1 is 1.38 bits per heavy atom. The maximum atomic E-state index is 10.6. The van der Waals surface area contributed by atoms with Gasteiger partial charge in [0.2, 0.25) is 0 Å². The number of anilines is 1. The van der Waals surface area contributed by atoms with Gasteiger partial charge in [0.05, 0.1) is 16.5 Å². The monoisotopic (exact) mass is 261 g/mol. The smallest absolute Gasteiger partial charge is 0.305 e. The summed E-state index contributed by atoms with van der Waals surface area (Å²) in [5, 5.41) is 12.8. The molecule has 1 aromatic rings. The molecular formula is C11H13Cl2NO2. The zero-order chi connectivity index (χ0) is 12.3. The van der Waals surface area contributed by atoms with Gasteiger partial charge in [0, 0.05) is 11.2 Å². The summed E-state index contributed by atoms with van der Waals surface area (Å²) in [7, 11) is 0. The highest BCUT2D eigenvalue weighted by atomic mass is 35.5. The summed E-state index contributed by atoms with van der Waals surface area (Å²) in [5.41, 5.74) is 0.212. The minimum atomic E-state index is -0.849. The van der Waals surface area contributed by atoms with Crippen LogP contribution in [0, 0.1) is 0 Å². The summed E-state index contributed by atoms with van der Waals surface area (Å²) in [6, 6.07) is 5.11. The molecule has 0 fully saturated rings. The number of aliphatic carboxylic acids is 1. The predicted octanol–water partition coefficient (Wildman–Crippen LogP) is 3.66. The summed E-state index contributed by atoms with van der Waals surface area (Å²) in [6.07, 6.45) is 0.0211. The zero-order valence-corrected chi connectivity index (χ0v) is 10.6. The number of hydrogen-bond donors (Lipinski definition) is 2. The number of carboxylic acid groups (broad SMARTS) is 1. The molecule has 0 atom stereocenters. The first-order valence-corrected chi connectivity index (χ1v) is 5.51. The Balaban J connectivity index is 2.79. The zero-order valence-electron chi connectivity index (χ0n) is 9.05. The van der Waals surface area contributed by atoms with Gasteiger partial charge in [0.25, 0.3) is 0 Å². The Labute approximate surface area is 104 Å². The third-order valence-electron chi connectivity index (χ3n) is 2.00. The van der Waals surface area contributed by atoms with Crippen LogP contribution in [-0.4, -0.2) is 16.6 Å². The maximum Gasteiger partial charge on any atom is 0.305 e. The van der Waals surface area contributed by atoms with Gasteiger partial charge in [-0.2, -0.15) is 0 Å². The molecule has 0 amide bonds. The molecule has 0 aliphatic heterocycles. The molecule has 0 saturated heterocycles. The number of nitrogens with one attached hydrogen (secondary N) is 1. The highest BCUT2D eigenvalue weighted by molar-refractivity contribution is 6.42. The first-order chi connectivity index (χ1) is 7.30. The molecule has 88 valence electrons. The van der Waals surface area contributed by atoms with Gasteiger partial charge in [-0.05, 0) is 32.0 Å². The van der Waals surface area contributed by atoms with E-state index < -0.39 is 11.5 Å². The molecular weight excluding hydrogens is 249 g/mol. The van der Waals surface area contributed by atoms with Crippen molar-refractivity contribution >= 4 is 34.9 Å². The fraction of sp³-hybridized carbons (Fsp3) is 0.364. The minimum absolute atomic E-state index is 0.0211. The SMILES string of the molecule is CC(C)(CC(=O)O)Nc1ccc(Cl)c(Cl)c1. The van der Waals surface area contributed by atoms with Crippen molar-refractivity contribution < 1.29 is 9.90 Å². The van der Waals surface area contributed by atoms with Gasteiger partial charge in [-0.15, -0.1) is 0 Å². The van der Waals surface area contributed by atoms with Crippen molar-refractivity contribution in [2.45, 2.75) is 25.8 Å². The third kappa shape index (κ3) is 3.91. The van der Waals surface area contributed by atoms with Crippen LogP contribution >= 0.6 is 23.2 Å². The maximum absolute atomic E-state index is 10.6. The normalized spacial score (nSPS) is 11.2. The fourth-order valence-electron chi connectivity index (χ4n) is 1.39. The number of carbonyl (C=O) groups is 1. The number of halogens is 2. The quantitative estimate of drug-likeness (QED) is 0.870. The molecule has 0 saturated carbocycles. The largest absolute Gasteiger partial charge is 0.481 e. The van der Waals surface area contributed by atoms with Crippen molar-refractivity contribution in [1.29, 1.82) is 0 Å². The molecule has 5 heteroatoms. The van der Waals surface area contributed by atoms with Gasteiger partial charge in [-0.1, -0.05) is 23.2 Å². The number of carboxylic acids is 1. The van der Waals surface area contributed by atoms with Crippen molar-refractivity contribution in [3.63, 3.8) is 0 Å². The summed E-state index contributed by atoms with van der Waals surface area (Å²) in [5.74, 6) is -0.849. The van der Waals surface area contributed by atoms with Gasteiger partial charge < -0.3 is 10.4 Å². The Bertz CT molecular complexity index is 405. The standard InChI is InChI=1S/C11H13Cl2NO2/c1-11(2,6-10(15)16)14-7-3-4-8(12)9(13)5-7/h3-5,14H,6H2,1-2H3,(H,15,16). The molecule has 0 aromatic heterocycles. The van der Waals surface area contributed by atoms with E-state index in [0.29, 0.717) is 10.0 Å². The van der Waals surface area contributed by atoms with Crippen molar-refractivity contribution in [1.82, 2.24) is 0 Å². The van der Waals surface area contributed by atoms with Gasteiger partial charge in [0.1, 0.15) is 0 Å². The Kier molecular flexibility index (Phi) is 4.05. The lowest BCUT2D eigenvalue weighted by Gasteiger charge is -2.25. The van der Waals surface area contributed by atoms with E-state index in [9.17, 15) is 4.79 Å². The van der Waals surface area contributed by atoms with E-state index in [1.54, 1.807) is 18.2 Å². The molecule has 0 bridgehead atoms. The molecule has 1 rings (SSSR count). The summed E-state index contributed by atoms with van der Waals surface area (Å²) >= 11 is 11.6. The van der Waals surface area contributed by atoms with Gasteiger partial charge in [-0.3, -0.25) is 4.79 Å². The minimum Gasteiger partial charge on any atom is -0.481 e. The molecule has 0 unspecified atom stereocenters. The van der Waals surface area contributed by atoms with E-state index in [1.807, 2.05) is 13.8 Å². The highest BCUT2D eigenvalue weighted by Gasteiger charge is 2.21. The van der Waals surface area contributed by atoms with E-state index >= 15 is 0 Å². The molecule has 1 aromatic carbocycles. The van der Waals surface area contributed by atoms with Crippen molar-refractivity contribution in [2.75, 3.05) is 5.32 Å². The van der Waals surface area contributed by atoms with Crippen molar-refractivity contribution in [3.05, 3.63) is 28.2 Å². The number of benzene rings is 1. The Morgan fingerprint density at radius 3 is 2.50 bits per heavy atom. The molecule has 0 aliphatic carbocycles. The van der Waals surface area contributed by atoms with Crippen LogP contribution in [0.4, 0.5) is 5.69 Å². The van der Waals surface area contributed by atoms with Gasteiger partial charge in [-0.25, -0.2) is 0 Å². The van der Waals surface area contributed by atoms with Crippen LogP contribution in [0.1, 0.15) is 20.3 Å². The second kappa shape index (κ2) is 4.93. The van der Waals surface area contributed by atoms with E-state index in [2.05, 4.69) is 5.32 Å². The van der Waals surface area contributed by atoms with Crippen LogP contribution in [0.2, 0.25) is 10.0 Å². The molecule has 0 spiro atoms. The van der Waals surface area contributed by atoms with Gasteiger partial charge in [0.15, 0.2) is 0 Å². The summed E-state index contributed by atoms with van der Waals surface area (Å²) in [6.45, 7) is 3.62. The molecule has 3 nitrogen and oxygen atoms in total. The predicted molar refractivity (Wildman–Crippen MR) is 66.4 cm³/mol. The van der Waals surface area contributed by atoms with Crippen LogP contribution in [0.25, 0.3) is 0 Å².